The molecule has 1 aromatic heterocycles. The molecule has 24 heavy (non-hydrogen) atoms. The summed E-state index contributed by atoms with van der Waals surface area (Å²) in [4.78, 5) is 1.64. The zero-order valence-corrected chi connectivity index (χ0v) is 14.1. The number of anilines is 1. The van der Waals surface area contributed by atoms with Crippen molar-refractivity contribution in [3.05, 3.63) is 41.1 Å². The molecule has 2 aromatic rings. The molecule has 0 radical (unpaired) electrons. The molecule has 0 fully saturated rings. The van der Waals surface area contributed by atoms with Crippen LogP contribution in [-0.2, 0) is 30.2 Å². The lowest BCUT2D eigenvalue weighted by Crippen LogP contribution is -2.23. The second kappa shape index (κ2) is 6.14. The summed E-state index contributed by atoms with van der Waals surface area (Å²) in [5.41, 5.74) is 2.76. The van der Waals surface area contributed by atoms with Crippen molar-refractivity contribution in [1.29, 1.82) is 0 Å². The van der Waals surface area contributed by atoms with Crippen molar-refractivity contribution in [2.24, 2.45) is 7.05 Å². The molecule has 6 nitrogen and oxygen atoms in total. The highest BCUT2D eigenvalue weighted by molar-refractivity contribution is 7.92. The molecule has 130 valence electrons. The van der Waals surface area contributed by atoms with E-state index in [9.17, 15) is 17.2 Å². The maximum atomic E-state index is 12.5. The zero-order chi connectivity index (χ0) is 17.5. The molecular weight excluding hydrogens is 338 g/mol. The second-order valence-corrected chi connectivity index (χ2v) is 7.50. The quantitative estimate of drug-likeness (QED) is 0.891. The highest BCUT2D eigenvalue weighted by atomic mass is 32.2. The topological polar surface area (TPSA) is 67.2 Å². The number of aromatic nitrogens is 2. The van der Waals surface area contributed by atoms with Crippen LogP contribution in [-0.4, -0.2) is 36.1 Å². The van der Waals surface area contributed by atoms with Crippen LogP contribution in [0.2, 0.25) is 0 Å². The van der Waals surface area contributed by atoms with Gasteiger partial charge in [0.25, 0.3) is 16.4 Å². The Balaban J connectivity index is 1.81. The molecule has 0 spiro atoms. The third kappa shape index (κ3) is 3.27. The van der Waals surface area contributed by atoms with Gasteiger partial charge < -0.3 is 0 Å². The third-order valence-electron chi connectivity index (χ3n) is 3.95. The first-order valence-electron chi connectivity index (χ1n) is 7.40. The van der Waals surface area contributed by atoms with Crippen LogP contribution in [0, 0.1) is 6.92 Å². The number of benzene rings is 1. The Hall–Kier alpha value is -2.00. The number of halogens is 2. The minimum absolute atomic E-state index is 0.0994. The van der Waals surface area contributed by atoms with E-state index in [4.69, 9.17) is 0 Å². The molecule has 0 aliphatic carbocycles. The van der Waals surface area contributed by atoms with Crippen LogP contribution >= 0.6 is 0 Å². The van der Waals surface area contributed by atoms with E-state index in [1.165, 1.54) is 10.9 Å². The van der Waals surface area contributed by atoms with E-state index in [-0.39, 0.29) is 11.6 Å². The van der Waals surface area contributed by atoms with E-state index in [0.717, 1.165) is 11.1 Å². The van der Waals surface area contributed by atoms with Crippen LogP contribution in [0.3, 0.4) is 0 Å². The van der Waals surface area contributed by atoms with Crippen molar-refractivity contribution < 1.29 is 17.2 Å². The average molecular weight is 356 g/mol. The largest absolute Gasteiger partial charge is 0.289 e. The number of sulfonamides is 1. The van der Waals surface area contributed by atoms with Crippen molar-refractivity contribution in [1.82, 2.24) is 14.7 Å². The first kappa shape index (κ1) is 16.8. The number of nitrogens with one attached hydrogen (secondary N) is 1. The minimum Gasteiger partial charge on any atom is -0.289 e. The summed E-state index contributed by atoms with van der Waals surface area (Å²) in [6, 6.07) is 5.12. The average Bonchev–Trinajstić information content (AvgIpc) is 3.00. The second-order valence-electron chi connectivity index (χ2n) is 5.91. The highest BCUT2D eigenvalue weighted by Gasteiger charge is 2.24. The summed E-state index contributed by atoms with van der Waals surface area (Å²) in [6.45, 7) is 2.23. The van der Waals surface area contributed by atoms with Gasteiger partial charge in [0.05, 0.1) is 12.7 Å². The summed E-state index contributed by atoms with van der Waals surface area (Å²) in [6.07, 6.45) is -0.899. The van der Waals surface area contributed by atoms with Gasteiger partial charge in [-0.15, -0.1) is 0 Å². The Labute approximate surface area is 139 Å². The number of aryl methyl sites for hydroxylation is 2. The van der Waals surface area contributed by atoms with Gasteiger partial charge in [-0.2, -0.15) is 13.5 Å². The van der Waals surface area contributed by atoms with Crippen LogP contribution in [0.25, 0.3) is 0 Å². The zero-order valence-electron chi connectivity index (χ0n) is 13.3. The smallest absolute Gasteiger partial charge is 0.279 e. The summed E-state index contributed by atoms with van der Waals surface area (Å²) < 4.78 is 53.9. The third-order valence-corrected chi connectivity index (χ3v) is 5.55. The standard InChI is InChI=1S/C15H18F2N4O2S/c1-10-6-18-20(2)15(10)24(22,23)19-13-4-3-11-7-21(9-14(16)17)8-12(11)5-13/h3-6,14,19H,7-9H2,1-2H3. The lowest BCUT2D eigenvalue weighted by molar-refractivity contribution is 0.0873. The Kier molecular flexibility index (Phi) is 4.31. The van der Waals surface area contributed by atoms with E-state index >= 15 is 0 Å². The van der Waals surface area contributed by atoms with Gasteiger partial charge in [-0.3, -0.25) is 14.3 Å². The normalized spacial score (nSPS) is 15.0. The van der Waals surface area contributed by atoms with E-state index < -0.39 is 16.4 Å². The molecule has 1 aromatic carbocycles. The van der Waals surface area contributed by atoms with Gasteiger partial charge in [-0.25, -0.2) is 8.78 Å². The highest BCUT2D eigenvalue weighted by Crippen LogP contribution is 2.27. The predicted molar refractivity (Wildman–Crippen MR) is 85.3 cm³/mol. The van der Waals surface area contributed by atoms with Crippen molar-refractivity contribution >= 4 is 15.7 Å². The summed E-state index contributed by atoms with van der Waals surface area (Å²) in [5.74, 6) is 0. The van der Waals surface area contributed by atoms with Crippen molar-refractivity contribution in [2.75, 3.05) is 11.3 Å². The Bertz CT molecular complexity index is 845. The van der Waals surface area contributed by atoms with Crippen molar-refractivity contribution in [3.63, 3.8) is 0 Å². The first-order chi connectivity index (χ1) is 11.3. The van der Waals surface area contributed by atoms with Crippen LogP contribution < -0.4 is 4.72 Å². The number of fused-ring (bicyclic) bond motifs is 1. The number of hydrogen-bond donors (Lipinski definition) is 1. The summed E-state index contributed by atoms with van der Waals surface area (Å²) >= 11 is 0. The van der Waals surface area contributed by atoms with E-state index in [2.05, 4.69) is 9.82 Å². The SMILES string of the molecule is Cc1cnn(C)c1S(=O)(=O)Nc1ccc2c(c1)CN(CC(F)F)C2. The molecule has 0 unspecified atom stereocenters. The van der Waals surface area contributed by atoms with E-state index in [0.29, 0.717) is 24.3 Å². The fourth-order valence-corrected chi connectivity index (χ4v) is 4.38. The molecule has 9 heteroatoms. The molecular formula is C15H18F2N4O2S. The fraction of sp³-hybridized carbons (Fsp3) is 0.400. The van der Waals surface area contributed by atoms with Gasteiger partial charge in [-0.1, -0.05) is 6.07 Å². The molecule has 1 aliphatic rings. The van der Waals surface area contributed by atoms with Gasteiger partial charge in [0, 0.05) is 31.4 Å². The molecule has 0 amide bonds. The molecule has 0 saturated carbocycles. The Morgan fingerprint density at radius 3 is 2.62 bits per heavy atom. The molecule has 0 atom stereocenters. The number of nitrogens with zero attached hydrogens (tertiary/aromatic N) is 3. The number of hydrogen-bond acceptors (Lipinski definition) is 4. The lowest BCUT2D eigenvalue weighted by Gasteiger charge is -2.13. The van der Waals surface area contributed by atoms with Crippen LogP contribution in [0.5, 0.6) is 0 Å². The number of alkyl halides is 2. The van der Waals surface area contributed by atoms with Crippen LogP contribution in [0.1, 0.15) is 16.7 Å². The van der Waals surface area contributed by atoms with Gasteiger partial charge in [0.1, 0.15) is 0 Å². The molecule has 1 aliphatic heterocycles. The van der Waals surface area contributed by atoms with Gasteiger partial charge in [-0.05, 0) is 30.2 Å². The number of rotatable bonds is 5. The van der Waals surface area contributed by atoms with Crippen molar-refractivity contribution in [2.45, 2.75) is 31.5 Å². The maximum absolute atomic E-state index is 12.5. The monoisotopic (exact) mass is 356 g/mol. The Morgan fingerprint density at radius 2 is 2.00 bits per heavy atom. The van der Waals surface area contributed by atoms with E-state index in [1.807, 2.05) is 0 Å². The van der Waals surface area contributed by atoms with Crippen LogP contribution in [0.15, 0.2) is 29.4 Å². The molecule has 2 heterocycles. The van der Waals surface area contributed by atoms with Crippen LogP contribution in [0.4, 0.5) is 14.5 Å². The molecule has 1 N–H and O–H groups in total. The first-order valence-corrected chi connectivity index (χ1v) is 8.88. The summed E-state index contributed by atoms with van der Waals surface area (Å²) in [7, 11) is -2.20. The van der Waals surface area contributed by atoms with Gasteiger partial charge in [0.15, 0.2) is 5.03 Å². The lowest BCUT2D eigenvalue weighted by atomic mass is 10.1. The van der Waals surface area contributed by atoms with Gasteiger partial charge in [0.2, 0.25) is 0 Å². The maximum Gasteiger partial charge on any atom is 0.279 e. The van der Waals surface area contributed by atoms with E-state index in [1.54, 1.807) is 37.1 Å². The van der Waals surface area contributed by atoms with Gasteiger partial charge >= 0.3 is 0 Å². The Morgan fingerprint density at radius 1 is 1.29 bits per heavy atom. The molecule has 0 bridgehead atoms. The van der Waals surface area contributed by atoms with Crippen molar-refractivity contribution in [3.8, 4) is 0 Å². The summed E-state index contributed by atoms with van der Waals surface area (Å²) in [5, 5.41) is 4.04. The fourth-order valence-electron chi connectivity index (χ4n) is 2.98. The minimum atomic E-state index is -3.76. The molecule has 0 saturated heterocycles. The molecule has 3 rings (SSSR count). The predicted octanol–water partition coefficient (Wildman–Crippen LogP) is 2.11.